The molecular weight excluding hydrogens is 1410 g/mol. The molecular formula is C85H126BrN7O13. The van der Waals surface area contributed by atoms with E-state index in [0.29, 0.717) is 159 Å². The van der Waals surface area contributed by atoms with Crippen LogP contribution in [0, 0.1) is 47.3 Å². The lowest BCUT2D eigenvalue weighted by Gasteiger charge is -2.34. The van der Waals surface area contributed by atoms with Crippen molar-refractivity contribution in [3.8, 4) is 0 Å². The maximum Gasteiger partial charge on any atom is 0.407 e. The van der Waals surface area contributed by atoms with Crippen LogP contribution in [-0.2, 0) is 63.9 Å². The van der Waals surface area contributed by atoms with Gasteiger partial charge < -0.3 is 40.7 Å². The Balaban J connectivity index is 0.000000381. The van der Waals surface area contributed by atoms with E-state index >= 15 is 0 Å². The van der Waals surface area contributed by atoms with E-state index in [-0.39, 0.29) is 108 Å². The second kappa shape index (κ2) is 44.3. The first-order chi connectivity index (χ1) is 50.1. The van der Waals surface area contributed by atoms with Crippen molar-refractivity contribution >= 4 is 86.3 Å². The van der Waals surface area contributed by atoms with Crippen molar-refractivity contribution in [1.82, 2.24) is 36.0 Å². The van der Waals surface area contributed by atoms with E-state index in [1.165, 1.54) is 6.08 Å². The van der Waals surface area contributed by atoms with Crippen molar-refractivity contribution in [1.29, 1.82) is 0 Å². The predicted molar refractivity (Wildman–Crippen MR) is 420 cm³/mol. The Morgan fingerprint density at radius 3 is 1.76 bits per heavy atom. The molecule has 0 spiro atoms. The summed E-state index contributed by atoms with van der Waals surface area (Å²) < 4.78 is 5.26. The molecule has 3 aliphatic heterocycles. The quantitative estimate of drug-likeness (QED) is 0.0208. The zero-order chi connectivity index (χ0) is 78.6. The Bertz CT molecular complexity index is 3440. The zero-order valence-corrected chi connectivity index (χ0v) is 68.1. The maximum absolute atomic E-state index is 14.2. The third kappa shape index (κ3) is 28.1. The lowest BCUT2D eigenvalue weighted by Crippen LogP contribution is -2.52. The number of benzene rings is 1. The summed E-state index contributed by atoms with van der Waals surface area (Å²) in [6.07, 6.45) is 18.9. The number of halogens is 1. The molecule has 2 aliphatic carbocycles. The molecule has 3 heterocycles. The Morgan fingerprint density at radius 2 is 1.17 bits per heavy atom. The molecule has 0 saturated carbocycles. The molecule has 2 unspecified atom stereocenters. The molecule has 4 N–H and O–H groups in total. The fourth-order valence-electron chi connectivity index (χ4n) is 15.0. The van der Waals surface area contributed by atoms with Gasteiger partial charge in [-0.1, -0.05) is 119 Å². The Labute approximate surface area is 640 Å². The molecule has 3 fully saturated rings. The molecule has 21 heteroatoms. The van der Waals surface area contributed by atoms with Gasteiger partial charge in [0, 0.05) is 102 Å². The summed E-state index contributed by atoms with van der Waals surface area (Å²) in [5.74, 6) is -1.03. The van der Waals surface area contributed by atoms with Gasteiger partial charge in [-0.05, 0) is 219 Å². The molecule has 6 rings (SSSR count). The van der Waals surface area contributed by atoms with Gasteiger partial charge in [-0.15, -0.1) is 0 Å². The molecule has 6 amide bonds. The Kier molecular flexibility index (Phi) is 37.3. The number of likely N-dealkylation sites (tertiary alicyclic amines) is 3. The monoisotopic (exact) mass is 1530 g/mol. The van der Waals surface area contributed by atoms with Crippen molar-refractivity contribution in [2.24, 2.45) is 47.3 Å². The van der Waals surface area contributed by atoms with Gasteiger partial charge >= 0.3 is 6.09 Å². The smallest absolute Gasteiger partial charge is 0.407 e. The predicted octanol–water partition coefficient (Wildman–Crippen LogP) is 13.1. The number of hydrogen-bond donors (Lipinski definition) is 4. The molecule has 0 radical (unpaired) electrons. The number of allylic oxidation sites excluding steroid dienone is 9. The number of ketones is 6. The van der Waals surface area contributed by atoms with Gasteiger partial charge in [0.05, 0.1) is 24.6 Å². The van der Waals surface area contributed by atoms with E-state index in [1.54, 1.807) is 46.4 Å². The summed E-state index contributed by atoms with van der Waals surface area (Å²) in [5, 5.41) is 11.5. The van der Waals surface area contributed by atoms with Crippen molar-refractivity contribution < 1.29 is 62.3 Å². The number of hydrogen-bond acceptors (Lipinski definition) is 14. The van der Waals surface area contributed by atoms with E-state index in [0.717, 1.165) is 50.8 Å². The van der Waals surface area contributed by atoms with Crippen LogP contribution >= 0.6 is 15.9 Å². The second-order valence-corrected chi connectivity index (χ2v) is 32.8. The first kappa shape index (κ1) is 89.4. The Morgan fingerprint density at radius 1 is 0.604 bits per heavy atom. The second-order valence-electron chi connectivity index (χ2n) is 31.8. The van der Waals surface area contributed by atoms with E-state index < -0.39 is 40.9 Å². The summed E-state index contributed by atoms with van der Waals surface area (Å²) in [6, 6.07) is 7.89. The van der Waals surface area contributed by atoms with Crippen LogP contribution in [0.1, 0.15) is 225 Å². The van der Waals surface area contributed by atoms with Crippen LogP contribution in [0.2, 0.25) is 0 Å². The average molecular weight is 1530 g/mol. The fourth-order valence-corrected chi connectivity index (χ4v) is 15.5. The van der Waals surface area contributed by atoms with E-state index in [2.05, 4.69) is 108 Å². The third-order valence-corrected chi connectivity index (χ3v) is 21.9. The van der Waals surface area contributed by atoms with Crippen LogP contribution < -0.4 is 21.3 Å². The van der Waals surface area contributed by atoms with Crippen LogP contribution in [0.5, 0.6) is 0 Å². The van der Waals surface area contributed by atoms with Crippen LogP contribution in [0.4, 0.5) is 4.79 Å². The minimum absolute atomic E-state index is 0.000345. The summed E-state index contributed by atoms with van der Waals surface area (Å²) in [6.45, 7) is 34.4. The highest BCUT2D eigenvalue weighted by Gasteiger charge is 2.41. The zero-order valence-electron chi connectivity index (χ0n) is 66.6. The summed E-state index contributed by atoms with van der Waals surface area (Å²) in [4.78, 5) is 163. The summed E-state index contributed by atoms with van der Waals surface area (Å²) >= 11 is 3.49. The highest BCUT2D eigenvalue weighted by Crippen LogP contribution is 2.33. The molecule has 9 atom stereocenters. The number of ether oxygens (including phenoxy) is 1. The molecule has 586 valence electrons. The topological polar surface area (TPSA) is 272 Å². The summed E-state index contributed by atoms with van der Waals surface area (Å²) in [7, 11) is 0. The standard InChI is InChI=1S/C44H63N3O5.C41H63BrN4O8/c1-29(2)24-31(5)15-16-37(25-34-12-9-8-10-13-34)44(52)47-20-11-14-39(47)41(49)28-38(43(51)45-30(3)4)26-35-17-21-46(22-18-35)23-19-36-27-40(48)32(6)33(7)42(36)50;1-10-33(45-39(51)34-16-12-20-46(34)40(52)32(42)18-17-26(6)22-24(2)3)35(47)23-30(38(50)44-25(4)5)14-11-19-43-41(53)54-21-13-15-31-29(9)36(48)27(7)28(8)37(31)49/h8-10,12-13,15-16,27,29-31,35,37-39H,11,14,17-26,28H2,1-7H3,(H,45,51);17-18,24-26,30,32-34H,10-16,19-23H2,1-9H3,(H,43,53)(H,44,50)(H,45,51)/b16-15+;18-17+/t31-,37-,38-,39?;26-,30-,32+,33+,34?/m11/s1. The molecule has 1 aromatic rings. The van der Waals surface area contributed by atoms with Crippen molar-refractivity contribution in [2.75, 3.05) is 45.9 Å². The van der Waals surface area contributed by atoms with Gasteiger partial charge in [0.15, 0.2) is 34.7 Å². The van der Waals surface area contributed by atoms with Crippen LogP contribution in [-0.4, -0.2) is 166 Å². The van der Waals surface area contributed by atoms with Crippen molar-refractivity contribution in [2.45, 2.75) is 261 Å². The van der Waals surface area contributed by atoms with Crippen molar-refractivity contribution in [3.05, 3.63) is 105 Å². The molecule has 3 saturated heterocycles. The average Bonchev–Trinajstić information content (AvgIpc) is 1.01. The van der Waals surface area contributed by atoms with Crippen LogP contribution in [0.15, 0.2) is 99.7 Å². The molecule has 106 heavy (non-hydrogen) atoms. The number of carbonyl (C=O) groups is 12. The normalized spacial score (nSPS) is 19.8. The van der Waals surface area contributed by atoms with E-state index in [4.69, 9.17) is 4.74 Å². The molecule has 0 bridgehead atoms. The van der Waals surface area contributed by atoms with E-state index in [1.807, 2.05) is 62.9 Å². The maximum atomic E-state index is 14.2. The number of alkyl halides is 1. The van der Waals surface area contributed by atoms with E-state index in [9.17, 15) is 57.5 Å². The first-order valence-electron chi connectivity index (χ1n) is 39.3. The van der Waals surface area contributed by atoms with Gasteiger partial charge in [0.25, 0.3) is 0 Å². The van der Waals surface area contributed by atoms with Crippen LogP contribution in [0.3, 0.4) is 0 Å². The van der Waals surface area contributed by atoms with Gasteiger partial charge in [0.2, 0.25) is 29.5 Å². The minimum Gasteiger partial charge on any atom is -0.450 e. The Hall–Kier alpha value is -7.26. The highest BCUT2D eigenvalue weighted by atomic mass is 79.9. The molecule has 5 aliphatic rings. The summed E-state index contributed by atoms with van der Waals surface area (Å²) in [5.41, 5.74) is 4.54. The number of amides is 6. The fraction of sp³-hybridized carbons (Fsp3) is 0.647. The van der Waals surface area contributed by atoms with Crippen molar-refractivity contribution in [3.63, 3.8) is 0 Å². The minimum atomic E-state index is -0.820. The van der Waals surface area contributed by atoms with Gasteiger partial charge in [-0.3, -0.25) is 52.7 Å². The SMILES string of the molecule is CC1=C(C)C(=O)C(CCN2CCC(C[C@H](CC(=O)C3CCCN3C(=O)[C@H](/C=C/[C@@H](C)CC(C)C)Cc3ccccc3)C(=O)NC(C)C)CC2)=CC1=O.CC[C@H](NC(=O)C1CCCN1C(=O)[C@@H](Br)/C=C/[C@@H](C)CC(C)C)C(=O)C[C@@H](CCCNC(=O)OCCCC1=C(C)C(=O)C(C)=C(C)C1=O)C(=O)NC(C)C. The first-order valence-corrected chi connectivity index (χ1v) is 40.2. The number of piperidine rings is 1. The number of nitrogens with one attached hydrogen (secondary N) is 4. The lowest BCUT2D eigenvalue weighted by molar-refractivity contribution is -0.140. The molecule has 1 aromatic carbocycles. The molecule has 0 aromatic heterocycles. The van der Waals surface area contributed by atoms with Crippen LogP contribution in [0.25, 0.3) is 0 Å². The third-order valence-electron chi connectivity index (χ3n) is 21.2. The number of alkyl carbamates (subject to hydrolysis) is 1. The molecule has 20 nitrogen and oxygen atoms in total. The largest absolute Gasteiger partial charge is 0.450 e. The van der Waals surface area contributed by atoms with Gasteiger partial charge in [-0.2, -0.15) is 0 Å². The van der Waals surface area contributed by atoms with Gasteiger partial charge in [0.1, 0.15) is 10.9 Å². The number of nitrogens with zero attached hydrogens (tertiary/aromatic N) is 3. The number of carbonyl (C=O) groups excluding carboxylic acids is 12. The lowest BCUT2D eigenvalue weighted by atomic mass is 9.83. The highest BCUT2D eigenvalue weighted by molar-refractivity contribution is 9.10. The number of Topliss-reactive ketones (excluding diaryl/α,β-unsaturated/α-hetero) is 5. The number of rotatable bonds is 38. The van der Waals surface area contributed by atoms with Gasteiger partial charge in [-0.25, -0.2) is 4.79 Å².